The smallest absolute Gasteiger partial charge is 0.308 e. The highest BCUT2D eigenvalue weighted by Gasteiger charge is 2.24. The van der Waals surface area contributed by atoms with Crippen LogP contribution in [0.1, 0.15) is 31.1 Å². The molecule has 4 nitrogen and oxygen atoms in total. The molecular weight excluding hydrogens is 244 g/mol. The van der Waals surface area contributed by atoms with Crippen molar-refractivity contribution in [2.75, 3.05) is 6.61 Å². The summed E-state index contributed by atoms with van der Waals surface area (Å²) in [6, 6.07) is 4.80. The number of carbonyl (C=O) groups excluding carboxylic acids is 2. The highest BCUT2D eigenvalue weighted by molar-refractivity contribution is 6.11. The maximum atomic E-state index is 12.2. The average molecular weight is 260 g/mol. The molecule has 0 unspecified atom stereocenters. The Kier molecular flexibility index (Phi) is 3.69. The number of carbonyl (C=O) groups is 2. The van der Waals surface area contributed by atoms with Crippen LogP contribution in [0.25, 0.3) is 0 Å². The average Bonchev–Trinajstić information content (AvgIpc) is 2.31. The Balaban J connectivity index is 2.31. The number of ketones is 1. The molecule has 0 aliphatic carbocycles. The van der Waals surface area contributed by atoms with Crippen molar-refractivity contribution < 1.29 is 19.1 Å². The number of ether oxygens (including phenoxy) is 2. The number of Topliss-reactive ketones (excluding diaryl/α,β-unsaturated/α-hetero) is 1. The first-order chi connectivity index (χ1) is 8.97. The molecular formula is C15H16O4. The lowest BCUT2D eigenvalue weighted by molar-refractivity contribution is -0.131. The lowest BCUT2D eigenvalue weighted by Gasteiger charge is -2.19. The van der Waals surface area contributed by atoms with Gasteiger partial charge in [-0.2, -0.15) is 0 Å². The summed E-state index contributed by atoms with van der Waals surface area (Å²) >= 11 is 0. The van der Waals surface area contributed by atoms with E-state index in [2.05, 4.69) is 0 Å². The lowest BCUT2D eigenvalue weighted by atomic mass is 9.97. The molecule has 0 N–H and O–H groups in total. The Morgan fingerprint density at radius 3 is 2.79 bits per heavy atom. The highest BCUT2D eigenvalue weighted by atomic mass is 16.5. The lowest BCUT2D eigenvalue weighted by Crippen LogP contribution is -2.19. The molecule has 0 fully saturated rings. The molecule has 19 heavy (non-hydrogen) atoms. The first-order valence-electron chi connectivity index (χ1n) is 6.18. The van der Waals surface area contributed by atoms with Gasteiger partial charge in [0.15, 0.2) is 5.78 Å². The number of hydrogen-bond acceptors (Lipinski definition) is 4. The van der Waals surface area contributed by atoms with Crippen molar-refractivity contribution in [1.82, 2.24) is 0 Å². The van der Waals surface area contributed by atoms with Crippen LogP contribution in [-0.4, -0.2) is 18.4 Å². The van der Waals surface area contributed by atoms with Gasteiger partial charge in [-0.3, -0.25) is 9.59 Å². The van der Waals surface area contributed by atoms with Gasteiger partial charge in [0.25, 0.3) is 0 Å². The van der Waals surface area contributed by atoms with Crippen molar-refractivity contribution in [3.05, 3.63) is 35.4 Å². The molecule has 0 bridgehead atoms. The molecule has 1 aliphatic heterocycles. The van der Waals surface area contributed by atoms with Gasteiger partial charge in [0.2, 0.25) is 0 Å². The number of allylic oxidation sites excluding steroid dienone is 1. The van der Waals surface area contributed by atoms with Crippen LogP contribution in [0.3, 0.4) is 0 Å². The quantitative estimate of drug-likeness (QED) is 0.466. The molecule has 2 rings (SSSR count). The zero-order chi connectivity index (χ0) is 14.0. The van der Waals surface area contributed by atoms with Crippen molar-refractivity contribution in [3.63, 3.8) is 0 Å². The summed E-state index contributed by atoms with van der Waals surface area (Å²) in [5.74, 6) is 0.719. The second-order valence-electron chi connectivity index (χ2n) is 4.81. The summed E-state index contributed by atoms with van der Waals surface area (Å²) < 4.78 is 10.5. The summed E-state index contributed by atoms with van der Waals surface area (Å²) in [7, 11) is 0. The van der Waals surface area contributed by atoms with Gasteiger partial charge >= 0.3 is 5.97 Å². The molecule has 4 heteroatoms. The Hall–Kier alpha value is -2.10. The molecule has 1 heterocycles. The third-order valence-electron chi connectivity index (χ3n) is 2.67. The number of esters is 1. The largest absolute Gasteiger partial charge is 0.488 e. The summed E-state index contributed by atoms with van der Waals surface area (Å²) in [5.41, 5.74) is 1.18. The standard InChI is InChI=1S/C15H16O4/c1-9(2)6-11-8-18-14-7-12(19-10(3)16)4-5-13(14)15(11)17/h4-7,9H,8H2,1-3H3. The first-order valence-corrected chi connectivity index (χ1v) is 6.18. The minimum atomic E-state index is -0.400. The second-order valence-corrected chi connectivity index (χ2v) is 4.81. The molecule has 0 aromatic heterocycles. The van der Waals surface area contributed by atoms with Crippen LogP contribution < -0.4 is 9.47 Å². The molecule has 1 aliphatic rings. The van der Waals surface area contributed by atoms with Crippen molar-refractivity contribution in [3.8, 4) is 11.5 Å². The number of rotatable bonds is 2. The predicted molar refractivity (Wildman–Crippen MR) is 70.5 cm³/mol. The van der Waals surface area contributed by atoms with Crippen molar-refractivity contribution in [2.24, 2.45) is 5.92 Å². The van der Waals surface area contributed by atoms with E-state index in [1.54, 1.807) is 18.2 Å². The fourth-order valence-corrected chi connectivity index (χ4v) is 1.96. The fraction of sp³-hybridized carbons (Fsp3) is 0.333. The summed E-state index contributed by atoms with van der Waals surface area (Å²) in [5, 5.41) is 0. The van der Waals surface area contributed by atoms with Gasteiger partial charge in [-0.1, -0.05) is 19.9 Å². The molecule has 0 saturated heterocycles. The van der Waals surface area contributed by atoms with E-state index in [0.717, 1.165) is 0 Å². The molecule has 0 radical (unpaired) electrons. The Bertz CT molecular complexity index is 555. The summed E-state index contributed by atoms with van der Waals surface area (Å²) in [4.78, 5) is 23.1. The molecule has 1 aromatic rings. The zero-order valence-electron chi connectivity index (χ0n) is 11.2. The third-order valence-corrected chi connectivity index (χ3v) is 2.67. The fourth-order valence-electron chi connectivity index (χ4n) is 1.96. The van der Waals surface area contributed by atoms with Crippen LogP contribution >= 0.6 is 0 Å². The van der Waals surface area contributed by atoms with Gasteiger partial charge < -0.3 is 9.47 Å². The van der Waals surface area contributed by atoms with Crippen LogP contribution in [0.5, 0.6) is 11.5 Å². The highest BCUT2D eigenvalue weighted by Crippen LogP contribution is 2.31. The van der Waals surface area contributed by atoms with E-state index >= 15 is 0 Å². The zero-order valence-corrected chi connectivity index (χ0v) is 11.2. The van der Waals surface area contributed by atoms with Gasteiger partial charge in [0.1, 0.15) is 18.1 Å². The Morgan fingerprint density at radius 1 is 1.42 bits per heavy atom. The Morgan fingerprint density at radius 2 is 2.16 bits per heavy atom. The molecule has 0 atom stereocenters. The first kappa shape index (κ1) is 13.3. The van der Waals surface area contributed by atoms with Crippen molar-refractivity contribution in [2.45, 2.75) is 20.8 Å². The van der Waals surface area contributed by atoms with Crippen molar-refractivity contribution >= 4 is 11.8 Å². The number of fused-ring (bicyclic) bond motifs is 1. The van der Waals surface area contributed by atoms with Gasteiger partial charge in [-0.15, -0.1) is 0 Å². The van der Waals surface area contributed by atoms with Crippen molar-refractivity contribution in [1.29, 1.82) is 0 Å². The van der Waals surface area contributed by atoms with Gasteiger partial charge in [0, 0.05) is 18.6 Å². The SMILES string of the molecule is CC(=O)Oc1ccc2c(c1)OCC(=CC(C)C)C2=O. The summed E-state index contributed by atoms with van der Waals surface area (Å²) in [6.07, 6.45) is 1.91. The normalized spacial score (nSPS) is 16.2. The molecule has 0 amide bonds. The maximum absolute atomic E-state index is 12.2. The van der Waals surface area contributed by atoms with Crippen LogP contribution in [0, 0.1) is 5.92 Å². The molecule has 0 saturated carbocycles. The van der Waals surface area contributed by atoms with Crippen LogP contribution in [-0.2, 0) is 4.79 Å². The monoisotopic (exact) mass is 260 g/mol. The number of hydrogen-bond donors (Lipinski definition) is 0. The second kappa shape index (κ2) is 5.26. The van der Waals surface area contributed by atoms with E-state index in [1.807, 2.05) is 19.9 Å². The van der Waals surface area contributed by atoms with Crippen LogP contribution in [0.15, 0.2) is 29.8 Å². The topological polar surface area (TPSA) is 52.6 Å². The van der Waals surface area contributed by atoms with E-state index in [4.69, 9.17) is 9.47 Å². The van der Waals surface area contributed by atoms with E-state index in [-0.39, 0.29) is 12.4 Å². The van der Waals surface area contributed by atoms with E-state index in [9.17, 15) is 9.59 Å². The van der Waals surface area contributed by atoms with Crippen LogP contribution in [0.4, 0.5) is 0 Å². The summed E-state index contributed by atoms with van der Waals surface area (Å²) in [6.45, 7) is 5.61. The van der Waals surface area contributed by atoms with Crippen LogP contribution in [0.2, 0.25) is 0 Å². The van der Waals surface area contributed by atoms with Gasteiger partial charge in [0.05, 0.1) is 5.56 Å². The molecule has 1 aromatic carbocycles. The predicted octanol–water partition coefficient (Wildman–Crippen LogP) is 2.77. The molecule has 100 valence electrons. The molecule has 0 spiro atoms. The van der Waals surface area contributed by atoms with Gasteiger partial charge in [-0.25, -0.2) is 0 Å². The third kappa shape index (κ3) is 3.02. The minimum absolute atomic E-state index is 0.0238. The van der Waals surface area contributed by atoms with E-state index < -0.39 is 5.97 Å². The number of benzene rings is 1. The minimum Gasteiger partial charge on any atom is -0.488 e. The van der Waals surface area contributed by atoms with E-state index in [1.165, 1.54) is 6.92 Å². The Labute approximate surface area is 112 Å². The maximum Gasteiger partial charge on any atom is 0.308 e. The van der Waals surface area contributed by atoms with Gasteiger partial charge in [-0.05, 0) is 18.1 Å². The van der Waals surface area contributed by atoms with E-state index in [0.29, 0.717) is 28.6 Å².